The number of para-hydroxylation sites is 1. The maximum absolute atomic E-state index is 12.1. The highest BCUT2D eigenvalue weighted by Crippen LogP contribution is 2.25. The first kappa shape index (κ1) is 23.7. The maximum atomic E-state index is 12.1. The fraction of sp³-hybridized carbons (Fsp3) is 0.0455. The lowest BCUT2D eigenvalue weighted by molar-refractivity contribution is -0.385. The van der Waals surface area contributed by atoms with Crippen LogP contribution in [0.1, 0.15) is 15.9 Å². The van der Waals surface area contributed by atoms with Crippen molar-refractivity contribution < 1.29 is 19.2 Å². The molecular formula is C22H16Cl2N4O5. The number of hydrazone groups is 1. The van der Waals surface area contributed by atoms with Gasteiger partial charge in [0, 0.05) is 11.1 Å². The summed E-state index contributed by atoms with van der Waals surface area (Å²) in [6, 6.07) is 16.8. The van der Waals surface area contributed by atoms with E-state index < -0.39 is 16.7 Å². The molecule has 0 unspecified atom stereocenters. The Labute approximate surface area is 198 Å². The third-order valence-corrected chi connectivity index (χ3v) is 4.74. The number of nitro benzene ring substituents is 1. The summed E-state index contributed by atoms with van der Waals surface area (Å²) >= 11 is 11.9. The lowest BCUT2D eigenvalue weighted by Gasteiger charge is -2.09. The van der Waals surface area contributed by atoms with Gasteiger partial charge in [-0.2, -0.15) is 5.10 Å². The van der Waals surface area contributed by atoms with E-state index in [0.717, 1.165) is 0 Å². The molecule has 0 spiro atoms. The van der Waals surface area contributed by atoms with Gasteiger partial charge in [-0.25, -0.2) is 5.43 Å². The van der Waals surface area contributed by atoms with Crippen LogP contribution in [0.3, 0.4) is 0 Å². The molecule has 9 nitrogen and oxygen atoms in total. The second-order valence-electron chi connectivity index (χ2n) is 6.50. The third kappa shape index (κ3) is 6.76. The molecule has 0 aliphatic rings. The van der Waals surface area contributed by atoms with Crippen molar-refractivity contribution in [3.8, 4) is 5.75 Å². The number of nitrogens with one attached hydrogen (secondary N) is 2. The molecular weight excluding hydrogens is 471 g/mol. The zero-order chi connectivity index (χ0) is 23.8. The van der Waals surface area contributed by atoms with Gasteiger partial charge >= 0.3 is 0 Å². The Bertz CT molecular complexity index is 1220. The smallest absolute Gasteiger partial charge is 0.282 e. The summed E-state index contributed by atoms with van der Waals surface area (Å²) in [5.74, 6) is -0.685. The molecule has 0 saturated heterocycles. The van der Waals surface area contributed by atoms with Gasteiger partial charge < -0.3 is 10.1 Å². The van der Waals surface area contributed by atoms with Gasteiger partial charge in [-0.05, 0) is 54.1 Å². The van der Waals surface area contributed by atoms with Gasteiger partial charge in [-0.1, -0.05) is 35.3 Å². The first-order valence-corrected chi connectivity index (χ1v) is 10.1. The molecule has 0 bridgehead atoms. The number of nitro groups is 1. The van der Waals surface area contributed by atoms with Gasteiger partial charge in [-0.15, -0.1) is 0 Å². The average molecular weight is 487 g/mol. The Kier molecular flexibility index (Phi) is 7.96. The fourth-order valence-electron chi connectivity index (χ4n) is 2.63. The monoisotopic (exact) mass is 486 g/mol. The quantitative estimate of drug-likeness (QED) is 0.271. The molecule has 0 aromatic heterocycles. The Morgan fingerprint density at radius 2 is 1.79 bits per heavy atom. The van der Waals surface area contributed by atoms with E-state index in [9.17, 15) is 19.7 Å². The number of anilines is 1. The van der Waals surface area contributed by atoms with E-state index in [2.05, 4.69) is 15.8 Å². The highest BCUT2D eigenvalue weighted by atomic mass is 35.5. The first-order valence-electron chi connectivity index (χ1n) is 9.38. The normalized spacial score (nSPS) is 10.6. The number of nitrogens with zero attached hydrogens (tertiary/aromatic N) is 2. The number of benzene rings is 3. The number of hydrogen-bond acceptors (Lipinski definition) is 6. The van der Waals surface area contributed by atoms with E-state index in [1.807, 2.05) is 0 Å². The summed E-state index contributed by atoms with van der Waals surface area (Å²) in [7, 11) is 0. The Hall–Kier alpha value is -3.95. The molecule has 168 valence electrons. The lowest BCUT2D eigenvalue weighted by atomic mass is 10.2. The predicted octanol–water partition coefficient (Wildman–Crippen LogP) is 4.68. The highest BCUT2D eigenvalue weighted by molar-refractivity contribution is 6.35. The van der Waals surface area contributed by atoms with Crippen LogP contribution in [0.25, 0.3) is 0 Å². The minimum atomic E-state index is -0.704. The van der Waals surface area contributed by atoms with Crippen molar-refractivity contribution in [3.05, 3.63) is 98.0 Å². The van der Waals surface area contributed by atoms with Crippen LogP contribution in [0.2, 0.25) is 10.0 Å². The number of rotatable bonds is 8. The summed E-state index contributed by atoms with van der Waals surface area (Å²) in [6.45, 7) is -0.248. The Balaban J connectivity index is 1.51. The number of amides is 2. The molecule has 3 aromatic rings. The van der Waals surface area contributed by atoms with Crippen molar-refractivity contribution in [2.75, 3.05) is 11.9 Å². The summed E-state index contributed by atoms with van der Waals surface area (Å²) in [5, 5.41) is 18.2. The molecule has 33 heavy (non-hydrogen) atoms. The molecule has 0 aliphatic carbocycles. The molecule has 2 amide bonds. The molecule has 0 aliphatic heterocycles. The van der Waals surface area contributed by atoms with Crippen molar-refractivity contribution in [2.24, 2.45) is 5.10 Å². The van der Waals surface area contributed by atoms with Crippen molar-refractivity contribution in [1.29, 1.82) is 0 Å². The fourth-order valence-corrected chi connectivity index (χ4v) is 2.97. The summed E-state index contributed by atoms with van der Waals surface area (Å²) in [4.78, 5) is 34.6. The summed E-state index contributed by atoms with van der Waals surface area (Å²) < 4.78 is 5.44. The van der Waals surface area contributed by atoms with E-state index >= 15 is 0 Å². The van der Waals surface area contributed by atoms with Gasteiger partial charge in [0.25, 0.3) is 17.5 Å². The van der Waals surface area contributed by atoms with Crippen LogP contribution in [-0.2, 0) is 4.79 Å². The van der Waals surface area contributed by atoms with E-state index in [0.29, 0.717) is 27.0 Å². The van der Waals surface area contributed by atoms with Crippen molar-refractivity contribution in [3.63, 3.8) is 0 Å². The number of carbonyl (C=O) groups is 2. The molecule has 3 rings (SSSR count). The average Bonchev–Trinajstić information content (AvgIpc) is 2.81. The van der Waals surface area contributed by atoms with Crippen molar-refractivity contribution in [2.45, 2.75) is 0 Å². The Morgan fingerprint density at radius 1 is 1.06 bits per heavy atom. The van der Waals surface area contributed by atoms with Crippen molar-refractivity contribution in [1.82, 2.24) is 5.43 Å². The largest absolute Gasteiger partial charge is 0.484 e. The highest BCUT2D eigenvalue weighted by Gasteiger charge is 2.18. The Morgan fingerprint density at radius 3 is 2.52 bits per heavy atom. The van der Waals surface area contributed by atoms with E-state index in [-0.39, 0.29) is 17.9 Å². The van der Waals surface area contributed by atoms with E-state index in [1.54, 1.807) is 36.4 Å². The predicted molar refractivity (Wildman–Crippen MR) is 125 cm³/mol. The number of halogens is 2. The van der Waals surface area contributed by atoms with Crippen LogP contribution in [0.5, 0.6) is 5.75 Å². The van der Waals surface area contributed by atoms with Gasteiger partial charge in [0.15, 0.2) is 6.61 Å². The second-order valence-corrected chi connectivity index (χ2v) is 7.35. The topological polar surface area (TPSA) is 123 Å². The molecule has 0 radical (unpaired) electrons. The van der Waals surface area contributed by atoms with Gasteiger partial charge in [0.1, 0.15) is 11.3 Å². The summed E-state index contributed by atoms with van der Waals surface area (Å²) in [6.07, 6.45) is 1.37. The van der Waals surface area contributed by atoms with Crippen LogP contribution in [-0.4, -0.2) is 29.6 Å². The van der Waals surface area contributed by atoms with E-state index in [1.165, 1.54) is 36.5 Å². The first-order chi connectivity index (χ1) is 15.8. The summed E-state index contributed by atoms with van der Waals surface area (Å²) in [5.41, 5.74) is 2.85. The standard InChI is InChI=1S/C22H16Cl2N4O5/c23-15-7-10-18(24)19(11-15)26-21(29)13-33-16-8-5-14(6-9-16)12-25-27-22(30)17-3-1-2-4-20(17)28(31)32/h1-12H,13H2,(H,26,29)(H,27,30)/b25-12-. The lowest BCUT2D eigenvalue weighted by Crippen LogP contribution is -2.20. The number of ether oxygens (including phenoxy) is 1. The minimum Gasteiger partial charge on any atom is -0.484 e. The SMILES string of the molecule is O=C(COc1ccc(/C=N\NC(=O)c2ccccc2[N+](=O)[O-])cc1)Nc1cc(Cl)ccc1Cl. The van der Waals surface area contributed by atoms with Crippen LogP contribution in [0.4, 0.5) is 11.4 Å². The molecule has 2 N–H and O–H groups in total. The van der Waals surface area contributed by atoms with Gasteiger partial charge in [0.05, 0.1) is 21.8 Å². The third-order valence-electron chi connectivity index (χ3n) is 4.18. The maximum Gasteiger partial charge on any atom is 0.282 e. The number of hydrogen-bond donors (Lipinski definition) is 2. The van der Waals surface area contributed by atoms with E-state index in [4.69, 9.17) is 27.9 Å². The molecule has 0 saturated carbocycles. The molecule has 0 fully saturated rings. The minimum absolute atomic E-state index is 0.0965. The molecule has 0 atom stereocenters. The second kappa shape index (κ2) is 11.1. The van der Waals surface area contributed by atoms with Gasteiger partial charge in [0.2, 0.25) is 0 Å². The number of carbonyl (C=O) groups excluding carboxylic acids is 2. The van der Waals surface area contributed by atoms with Crippen LogP contribution < -0.4 is 15.5 Å². The zero-order valence-electron chi connectivity index (χ0n) is 16.8. The van der Waals surface area contributed by atoms with Crippen LogP contribution in [0, 0.1) is 10.1 Å². The van der Waals surface area contributed by atoms with Crippen LogP contribution in [0.15, 0.2) is 71.8 Å². The van der Waals surface area contributed by atoms with Crippen molar-refractivity contribution >= 4 is 52.6 Å². The molecule has 3 aromatic carbocycles. The molecule has 0 heterocycles. The zero-order valence-corrected chi connectivity index (χ0v) is 18.3. The van der Waals surface area contributed by atoms with Crippen LogP contribution >= 0.6 is 23.2 Å². The molecule has 11 heteroatoms. The van der Waals surface area contributed by atoms with Gasteiger partial charge in [-0.3, -0.25) is 19.7 Å².